The van der Waals surface area contributed by atoms with Crippen LogP contribution in [0.15, 0.2) is 30.5 Å². The molecule has 1 aliphatic rings. The average molecular weight is 246 g/mol. The van der Waals surface area contributed by atoms with Crippen molar-refractivity contribution in [2.24, 2.45) is 0 Å². The topological polar surface area (TPSA) is 45.1 Å². The quantitative estimate of drug-likeness (QED) is 0.806. The molecule has 0 spiro atoms. The van der Waals surface area contributed by atoms with Gasteiger partial charge in [-0.1, -0.05) is 0 Å². The molecule has 0 amide bonds. The van der Waals surface area contributed by atoms with E-state index in [1.807, 2.05) is 6.07 Å². The third kappa shape index (κ3) is 1.98. The Morgan fingerprint density at radius 3 is 3.06 bits per heavy atom. The van der Waals surface area contributed by atoms with Gasteiger partial charge in [0.25, 0.3) is 0 Å². The number of pyridine rings is 1. The van der Waals surface area contributed by atoms with Crippen molar-refractivity contribution < 1.29 is 9.50 Å². The first-order valence-corrected chi connectivity index (χ1v) is 6.18. The van der Waals surface area contributed by atoms with E-state index >= 15 is 0 Å². The summed E-state index contributed by atoms with van der Waals surface area (Å²) in [4.78, 5) is 4.24. The van der Waals surface area contributed by atoms with Crippen LogP contribution in [0.2, 0.25) is 0 Å². The molecule has 1 aliphatic heterocycles. The van der Waals surface area contributed by atoms with E-state index in [1.165, 1.54) is 12.1 Å². The lowest BCUT2D eigenvalue weighted by molar-refractivity contribution is 0.119. The molecule has 1 saturated heterocycles. The van der Waals surface area contributed by atoms with E-state index in [-0.39, 0.29) is 11.7 Å². The summed E-state index contributed by atoms with van der Waals surface area (Å²) in [7, 11) is 0. The van der Waals surface area contributed by atoms with Crippen molar-refractivity contribution in [1.82, 2.24) is 10.3 Å². The minimum atomic E-state index is -0.424. The molecule has 0 aliphatic carbocycles. The summed E-state index contributed by atoms with van der Waals surface area (Å²) in [5.41, 5.74) is 1.77. The second kappa shape index (κ2) is 4.63. The number of aliphatic hydroxyl groups is 1. The maximum absolute atomic E-state index is 13.4. The number of halogens is 1. The highest BCUT2D eigenvalue weighted by atomic mass is 19.1. The number of benzene rings is 1. The number of nitrogens with zero attached hydrogens (tertiary/aromatic N) is 1. The molecule has 3 nitrogen and oxygen atoms in total. The summed E-state index contributed by atoms with van der Waals surface area (Å²) < 4.78 is 13.4. The van der Waals surface area contributed by atoms with Crippen LogP contribution in [0.3, 0.4) is 0 Å². The second-order valence-corrected chi connectivity index (χ2v) is 4.73. The minimum absolute atomic E-state index is 0.0542. The zero-order valence-electron chi connectivity index (χ0n) is 9.94. The monoisotopic (exact) mass is 246 g/mol. The fraction of sp³-hybridized carbons (Fsp3) is 0.357. The number of fused-ring (bicyclic) bond motifs is 1. The Balaban J connectivity index is 2.12. The molecule has 18 heavy (non-hydrogen) atoms. The zero-order chi connectivity index (χ0) is 12.5. The van der Waals surface area contributed by atoms with Crippen molar-refractivity contribution in [3.05, 3.63) is 41.8 Å². The van der Waals surface area contributed by atoms with E-state index in [4.69, 9.17) is 0 Å². The van der Waals surface area contributed by atoms with Crippen LogP contribution in [0.5, 0.6) is 0 Å². The number of rotatable bonds is 1. The van der Waals surface area contributed by atoms with E-state index in [1.54, 1.807) is 12.3 Å². The van der Waals surface area contributed by atoms with Gasteiger partial charge >= 0.3 is 0 Å². The SMILES string of the molecule is O[C@H]1CNCC[C@H]1c1ccnc2ccc(F)cc12. The lowest BCUT2D eigenvalue weighted by atomic mass is 9.86. The molecule has 1 aromatic carbocycles. The molecule has 0 unspecified atom stereocenters. The largest absolute Gasteiger partial charge is 0.391 e. The first kappa shape index (κ1) is 11.6. The Kier molecular flexibility index (Phi) is 2.97. The molecule has 94 valence electrons. The van der Waals surface area contributed by atoms with Gasteiger partial charge in [0.05, 0.1) is 11.6 Å². The smallest absolute Gasteiger partial charge is 0.123 e. The van der Waals surface area contributed by atoms with E-state index in [0.29, 0.717) is 6.54 Å². The van der Waals surface area contributed by atoms with E-state index in [0.717, 1.165) is 29.4 Å². The Morgan fingerprint density at radius 2 is 2.22 bits per heavy atom. The standard InChI is InChI=1S/C14H15FN2O/c15-9-1-2-13-12(7-9)10(4-6-17-13)11-3-5-16-8-14(11)18/h1-2,4,6-7,11,14,16,18H,3,5,8H2/t11-,14-/m0/s1. The first-order valence-electron chi connectivity index (χ1n) is 6.18. The van der Waals surface area contributed by atoms with Gasteiger partial charge in [0.1, 0.15) is 5.82 Å². The Hall–Kier alpha value is -1.52. The highest BCUT2D eigenvalue weighted by Crippen LogP contribution is 2.31. The molecule has 0 saturated carbocycles. The van der Waals surface area contributed by atoms with Crippen LogP contribution < -0.4 is 5.32 Å². The third-order valence-electron chi connectivity index (χ3n) is 3.59. The van der Waals surface area contributed by atoms with Gasteiger partial charge < -0.3 is 10.4 Å². The van der Waals surface area contributed by atoms with Crippen LogP contribution in [0.25, 0.3) is 10.9 Å². The van der Waals surface area contributed by atoms with Gasteiger partial charge in [-0.25, -0.2) is 4.39 Å². The molecular weight excluding hydrogens is 231 g/mol. The highest BCUT2D eigenvalue weighted by Gasteiger charge is 2.25. The Labute approximate surface area is 105 Å². The lowest BCUT2D eigenvalue weighted by Gasteiger charge is -2.29. The molecule has 2 atom stereocenters. The normalized spacial score (nSPS) is 24.3. The molecule has 1 aromatic heterocycles. The summed E-state index contributed by atoms with van der Waals surface area (Å²) in [5.74, 6) is -0.210. The van der Waals surface area contributed by atoms with Gasteiger partial charge in [-0.3, -0.25) is 4.98 Å². The highest BCUT2D eigenvalue weighted by molar-refractivity contribution is 5.82. The van der Waals surface area contributed by atoms with Crippen molar-refractivity contribution in [1.29, 1.82) is 0 Å². The molecule has 2 N–H and O–H groups in total. The van der Waals surface area contributed by atoms with Gasteiger partial charge in [-0.2, -0.15) is 0 Å². The van der Waals surface area contributed by atoms with Crippen LogP contribution in [0.4, 0.5) is 4.39 Å². The van der Waals surface area contributed by atoms with Crippen molar-refractivity contribution in [3.63, 3.8) is 0 Å². The predicted octanol–water partition coefficient (Wildman–Crippen LogP) is 1.81. The summed E-state index contributed by atoms with van der Waals surface area (Å²) in [6.45, 7) is 1.46. The molecule has 0 bridgehead atoms. The van der Waals surface area contributed by atoms with Crippen LogP contribution in [-0.4, -0.2) is 29.3 Å². The molecule has 2 aromatic rings. The number of aromatic nitrogens is 1. The van der Waals surface area contributed by atoms with Crippen LogP contribution in [0, 0.1) is 5.82 Å². The molecule has 2 heterocycles. The molecule has 0 radical (unpaired) electrons. The van der Waals surface area contributed by atoms with Gasteiger partial charge in [-0.05, 0) is 42.8 Å². The van der Waals surface area contributed by atoms with Crippen molar-refractivity contribution >= 4 is 10.9 Å². The minimum Gasteiger partial charge on any atom is -0.391 e. The molecule has 1 fully saturated rings. The van der Waals surface area contributed by atoms with E-state index < -0.39 is 6.10 Å². The lowest BCUT2D eigenvalue weighted by Crippen LogP contribution is -2.39. The third-order valence-corrected chi connectivity index (χ3v) is 3.59. The summed E-state index contributed by atoms with van der Waals surface area (Å²) >= 11 is 0. The molecule has 3 rings (SSSR count). The predicted molar refractivity (Wildman–Crippen MR) is 67.9 cm³/mol. The Morgan fingerprint density at radius 1 is 1.33 bits per heavy atom. The van der Waals surface area contributed by atoms with Gasteiger partial charge in [-0.15, -0.1) is 0 Å². The zero-order valence-corrected chi connectivity index (χ0v) is 9.94. The van der Waals surface area contributed by atoms with Gasteiger partial charge in [0, 0.05) is 24.0 Å². The summed E-state index contributed by atoms with van der Waals surface area (Å²) in [5, 5.41) is 14.0. The Bertz CT molecular complexity index is 573. The summed E-state index contributed by atoms with van der Waals surface area (Å²) in [6, 6.07) is 6.49. The number of β-amino-alcohol motifs (C(OH)–C–C–N with tert-alkyl or cyclic N) is 1. The number of aliphatic hydroxyl groups excluding tert-OH is 1. The van der Waals surface area contributed by atoms with Crippen LogP contribution in [0.1, 0.15) is 17.9 Å². The van der Waals surface area contributed by atoms with Crippen LogP contribution in [-0.2, 0) is 0 Å². The second-order valence-electron chi connectivity index (χ2n) is 4.73. The number of hydrogen-bond acceptors (Lipinski definition) is 3. The van der Waals surface area contributed by atoms with Gasteiger partial charge in [0.2, 0.25) is 0 Å². The fourth-order valence-corrected chi connectivity index (χ4v) is 2.67. The van der Waals surface area contributed by atoms with Crippen molar-refractivity contribution in [3.8, 4) is 0 Å². The first-order chi connectivity index (χ1) is 8.75. The van der Waals surface area contributed by atoms with Gasteiger partial charge in [0.15, 0.2) is 0 Å². The van der Waals surface area contributed by atoms with Crippen molar-refractivity contribution in [2.75, 3.05) is 13.1 Å². The number of nitrogens with one attached hydrogen (secondary N) is 1. The maximum atomic E-state index is 13.4. The van der Waals surface area contributed by atoms with E-state index in [2.05, 4.69) is 10.3 Å². The molecular formula is C14H15FN2O. The van der Waals surface area contributed by atoms with E-state index in [9.17, 15) is 9.50 Å². The van der Waals surface area contributed by atoms with Crippen LogP contribution >= 0.6 is 0 Å². The van der Waals surface area contributed by atoms with Crippen molar-refractivity contribution in [2.45, 2.75) is 18.4 Å². The fourth-order valence-electron chi connectivity index (χ4n) is 2.67. The molecule has 4 heteroatoms. The average Bonchev–Trinajstić information content (AvgIpc) is 2.39. The maximum Gasteiger partial charge on any atom is 0.123 e. The summed E-state index contributed by atoms with van der Waals surface area (Å²) in [6.07, 6.45) is 2.16. The number of piperidine rings is 1. The number of hydrogen-bond donors (Lipinski definition) is 2.